The molecule has 1 aliphatic heterocycles. The molecule has 202 valence electrons. The number of rotatable bonds is 8. The summed E-state index contributed by atoms with van der Waals surface area (Å²) >= 11 is 0. The van der Waals surface area contributed by atoms with E-state index in [1.165, 1.54) is 54.8 Å². The number of hydrogen-bond donors (Lipinski definition) is 0. The minimum absolute atomic E-state index is 0.00346. The molecule has 2 aromatic carbocycles. The van der Waals surface area contributed by atoms with Crippen molar-refractivity contribution in [2.45, 2.75) is 12.8 Å². The maximum absolute atomic E-state index is 13.5. The van der Waals surface area contributed by atoms with E-state index in [1.807, 2.05) is 0 Å². The molecule has 12 nitrogen and oxygen atoms in total. The van der Waals surface area contributed by atoms with E-state index >= 15 is 0 Å². The summed E-state index contributed by atoms with van der Waals surface area (Å²) < 4.78 is 10.2. The Labute approximate surface area is 226 Å². The van der Waals surface area contributed by atoms with Crippen LogP contribution in [0.25, 0.3) is 0 Å². The van der Waals surface area contributed by atoms with E-state index in [1.54, 1.807) is 12.2 Å². The lowest BCUT2D eigenvalue weighted by atomic mass is 9.85. The van der Waals surface area contributed by atoms with Gasteiger partial charge in [-0.3, -0.25) is 29.3 Å². The zero-order valence-electron chi connectivity index (χ0n) is 20.8. The van der Waals surface area contributed by atoms with Crippen molar-refractivity contribution in [3.63, 3.8) is 0 Å². The number of Topliss-reactive ketones (excluding diaryl/α,β-unsaturated/α-hetero) is 1. The van der Waals surface area contributed by atoms with Crippen molar-refractivity contribution in [2.24, 2.45) is 11.8 Å². The van der Waals surface area contributed by atoms with Crippen molar-refractivity contribution < 1.29 is 38.1 Å². The Morgan fingerprint density at radius 2 is 1.52 bits per heavy atom. The summed E-state index contributed by atoms with van der Waals surface area (Å²) in [5.41, 5.74) is -0.179. The number of nitrogens with zero attached hydrogens (tertiary/aromatic N) is 3. The smallest absolute Gasteiger partial charge is 0.379 e. The highest BCUT2D eigenvalue weighted by molar-refractivity contribution is 6.09. The Bertz CT molecular complexity index is 1500. The number of hydrazine groups is 1. The first-order chi connectivity index (χ1) is 19.2. The Hall–Kier alpha value is -5.39. The fraction of sp³-hybridized carbons (Fsp3) is 0.179. The maximum Gasteiger partial charge on any atom is 0.379 e. The van der Waals surface area contributed by atoms with Gasteiger partial charge in [0.25, 0.3) is 23.4 Å². The number of nitro benzene ring substituents is 1. The predicted octanol–water partition coefficient (Wildman–Crippen LogP) is 3.60. The zero-order chi connectivity index (χ0) is 28.4. The molecule has 3 aromatic rings. The van der Waals surface area contributed by atoms with Crippen LogP contribution in [0.3, 0.4) is 0 Å². The Morgan fingerprint density at radius 1 is 0.925 bits per heavy atom. The number of amides is 3. The normalized spacial score (nSPS) is 17.9. The van der Waals surface area contributed by atoms with Crippen LogP contribution in [0.5, 0.6) is 5.75 Å². The van der Waals surface area contributed by atoms with Gasteiger partial charge in [-0.15, -0.1) is 0 Å². The summed E-state index contributed by atoms with van der Waals surface area (Å²) in [4.78, 5) is 75.8. The SMILES string of the molecule is O=C(CN(C(=O)c1ccc([N+](=O)[O-])cc1)N1C(=O)[C@H]2CC=CC[C@@H]2C1=O)c1ccc(OC(=O)c2ccco2)cc1. The van der Waals surface area contributed by atoms with Crippen LogP contribution >= 0.6 is 0 Å². The van der Waals surface area contributed by atoms with E-state index in [2.05, 4.69) is 0 Å². The van der Waals surface area contributed by atoms with Gasteiger partial charge in [0.05, 0.1) is 23.0 Å². The second-order valence-corrected chi connectivity index (χ2v) is 9.13. The molecule has 12 heteroatoms. The molecule has 1 saturated heterocycles. The van der Waals surface area contributed by atoms with Gasteiger partial charge in [-0.1, -0.05) is 12.2 Å². The molecule has 0 unspecified atom stereocenters. The van der Waals surface area contributed by atoms with E-state index in [-0.39, 0.29) is 28.3 Å². The van der Waals surface area contributed by atoms with Crippen LogP contribution in [0.15, 0.2) is 83.5 Å². The molecule has 1 aromatic heterocycles. The van der Waals surface area contributed by atoms with Gasteiger partial charge in [-0.25, -0.2) is 9.80 Å². The number of ketones is 1. The largest absolute Gasteiger partial charge is 0.457 e. The Kier molecular flexibility index (Phi) is 7.06. The number of allylic oxidation sites excluding steroid dienone is 2. The summed E-state index contributed by atoms with van der Waals surface area (Å²) in [5.74, 6) is -4.54. The summed E-state index contributed by atoms with van der Waals surface area (Å²) in [6, 6.07) is 13.1. The average molecular weight is 543 g/mol. The third-order valence-corrected chi connectivity index (χ3v) is 6.69. The summed E-state index contributed by atoms with van der Waals surface area (Å²) in [6.07, 6.45) is 5.58. The number of non-ortho nitro benzene ring substituents is 1. The lowest BCUT2D eigenvalue weighted by Crippen LogP contribution is -2.52. The highest BCUT2D eigenvalue weighted by Gasteiger charge is 2.51. The summed E-state index contributed by atoms with van der Waals surface area (Å²) in [7, 11) is 0. The first-order valence-corrected chi connectivity index (χ1v) is 12.2. The number of benzene rings is 2. The molecular formula is C28H21N3O9. The standard InChI is InChI=1S/C28H21N3O9/c32-23(17-9-13-20(14-10-17)40-28(36)24-6-3-15-39-24)16-29(25(33)18-7-11-19(12-8-18)31(37)38)30-26(34)21-4-1-2-5-22(21)27(30)35/h1-3,6-15,21-22H,4-5,16H2/t21-,22-/m0/s1. The highest BCUT2D eigenvalue weighted by Crippen LogP contribution is 2.36. The number of nitro groups is 1. The lowest BCUT2D eigenvalue weighted by Gasteiger charge is -2.30. The van der Waals surface area contributed by atoms with Crippen molar-refractivity contribution in [3.05, 3.63) is 106 Å². The van der Waals surface area contributed by atoms with E-state index in [9.17, 15) is 34.1 Å². The van der Waals surface area contributed by atoms with Gasteiger partial charge in [-0.05, 0) is 61.4 Å². The van der Waals surface area contributed by atoms with Crippen molar-refractivity contribution in [2.75, 3.05) is 6.54 Å². The molecule has 0 bridgehead atoms. The second-order valence-electron chi connectivity index (χ2n) is 9.13. The maximum atomic E-state index is 13.5. The van der Waals surface area contributed by atoms with Gasteiger partial charge in [0.1, 0.15) is 12.3 Å². The average Bonchev–Trinajstić information content (AvgIpc) is 3.59. The quantitative estimate of drug-likeness (QED) is 0.0787. The van der Waals surface area contributed by atoms with Gasteiger partial charge in [0.15, 0.2) is 5.78 Å². The van der Waals surface area contributed by atoms with Crippen LogP contribution in [-0.2, 0) is 9.59 Å². The fourth-order valence-electron chi connectivity index (χ4n) is 4.62. The molecule has 2 atom stereocenters. The molecule has 0 saturated carbocycles. The van der Waals surface area contributed by atoms with Crippen molar-refractivity contribution >= 4 is 35.2 Å². The van der Waals surface area contributed by atoms with Gasteiger partial charge in [0, 0.05) is 23.3 Å². The minimum atomic E-state index is -0.847. The Morgan fingerprint density at radius 3 is 2.08 bits per heavy atom. The first-order valence-electron chi connectivity index (χ1n) is 12.2. The zero-order valence-corrected chi connectivity index (χ0v) is 20.8. The third-order valence-electron chi connectivity index (χ3n) is 6.69. The fourth-order valence-corrected chi connectivity index (χ4v) is 4.62. The predicted molar refractivity (Wildman–Crippen MR) is 136 cm³/mol. The van der Waals surface area contributed by atoms with Gasteiger partial charge in [-0.2, -0.15) is 5.01 Å². The van der Waals surface area contributed by atoms with Crippen molar-refractivity contribution in [1.82, 2.24) is 10.0 Å². The topological polar surface area (TPSA) is 157 Å². The Balaban J connectivity index is 1.39. The number of esters is 1. The molecule has 0 spiro atoms. The van der Waals surface area contributed by atoms with Crippen LogP contribution in [0.4, 0.5) is 5.69 Å². The monoisotopic (exact) mass is 543 g/mol. The molecule has 2 heterocycles. The van der Waals surface area contributed by atoms with Crippen LogP contribution in [0.1, 0.15) is 44.1 Å². The van der Waals surface area contributed by atoms with Crippen LogP contribution in [0.2, 0.25) is 0 Å². The number of carbonyl (C=O) groups is 5. The minimum Gasteiger partial charge on any atom is -0.457 e. The third kappa shape index (κ3) is 5.01. The van der Waals surface area contributed by atoms with E-state index in [0.717, 1.165) is 22.2 Å². The summed E-state index contributed by atoms with van der Waals surface area (Å²) in [5, 5.41) is 12.5. The molecular weight excluding hydrogens is 522 g/mol. The van der Waals surface area contributed by atoms with E-state index in [0.29, 0.717) is 12.8 Å². The van der Waals surface area contributed by atoms with E-state index in [4.69, 9.17) is 9.15 Å². The first kappa shape index (κ1) is 26.2. The van der Waals surface area contributed by atoms with Gasteiger partial charge >= 0.3 is 5.97 Å². The molecule has 5 rings (SSSR count). The van der Waals surface area contributed by atoms with Crippen molar-refractivity contribution in [1.29, 1.82) is 0 Å². The van der Waals surface area contributed by atoms with Crippen molar-refractivity contribution in [3.8, 4) is 5.75 Å². The molecule has 0 N–H and O–H groups in total. The van der Waals surface area contributed by atoms with E-state index < -0.39 is 52.8 Å². The molecule has 40 heavy (non-hydrogen) atoms. The molecule has 3 amide bonds. The molecule has 1 aliphatic carbocycles. The van der Waals surface area contributed by atoms with Gasteiger partial charge < -0.3 is 9.15 Å². The second kappa shape index (κ2) is 10.8. The number of hydrogen-bond acceptors (Lipinski definition) is 9. The van der Waals surface area contributed by atoms with Crippen LogP contribution in [0, 0.1) is 22.0 Å². The number of imide groups is 1. The molecule has 0 radical (unpaired) electrons. The molecule has 2 aliphatic rings. The number of ether oxygens (including phenoxy) is 1. The number of carbonyl (C=O) groups excluding carboxylic acids is 5. The molecule has 1 fully saturated rings. The number of fused-ring (bicyclic) bond motifs is 1. The van der Waals surface area contributed by atoms with Crippen LogP contribution in [-0.4, -0.2) is 51.0 Å². The van der Waals surface area contributed by atoms with Gasteiger partial charge in [0.2, 0.25) is 5.76 Å². The number of furan rings is 1. The lowest BCUT2D eigenvalue weighted by molar-refractivity contribution is -0.384. The summed E-state index contributed by atoms with van der Waals surface area (Å²) in [6.45, 7) is -0.661. The highest BCUT2D eigenvalue weighted by atomic mass is 16.6. The van der Waals surface area contributed by atoms with Crippen LogP contribution < -0.4 is 4.74 Å².